The molecule has 1 aromatic rings. The highest BCUT2D eigenvalue weighted by Crippen LogP contribution is 2.25. The van der Waals surface area contributed by atoms with E-state index < -0.39 is 0 Å². The van der Waals surface area contributed by atoms with Crippen molar-refractivity contribution in [3.63, 3.8) is 0 Å². The van der Waals surface area contributed by atoms with Crippen molar-refractivity contribution in [2.24, 2.45) is 5.92 Å². The number of aryl methyl sites for hydroxylation is 1. The van der Waals surface area contributed by atoms with Gasteiger partial charge in [0.25, 0.3) is 0 Å². The molecule has 0 heterocycles. The van der Waals surface area contributed by atoms with Gasteiger partial charge < -0.3 is 10.1 Å². The molecule has 1 aromatic carbocycles. The summed E-state index contributed by atoms with van der Waals surface area (Å²) < 4.78 is 5.42. The number of hydrogen-bond acceptors (Lipinski definition) is 2. The van der Waals surface area contributed by atoms with Crippen LogP contribution in [0.5, 0.6) is 5.75 Å². The van der Waals surface area contributed by atoms with Crippen molar-refractivity contribution in [1.29, 1.82) is 0 Å². The van der Waals surface area contributed by atoms with Crippen LogP contribution in [0.3, 0.4) is 0 Å². The van der Waals surface area contributed by atoms with Gasteiger partial charge in [-0.15, -0.1) is 0 Å². The molecule has 1 aliphatic rings. The maximum Gasteiger partial charge on any atom is 0.123 e. The maximum atomic E-state index is 5.42. The number of benzene rings is 1. The van der Waals surface area contributed by atoms with E-state index in [1.54, 1.807) is 7.11 Å². The summed E-state index contributed by atoms with van der Waals surface area (Å²) >= 11 is 0. The molecule has 18 heavy (non-hydrogen) atoms. The monoisotopic (exact) mass is 247 g/mol. The first-order chi connectivity index (χ1) is 8.69. The van der Waals surface area contributed by atoms with Crippen LogP contribution in [0.25, 0.3) is 0 Å². The Kier molecular flexibility index (Phi) is 4.65. The first-order valence-corrected chi connectivity index (χ1v) is 7.06. The van der Waals surface area contributed by atoms with Gasteiger partial charge in [-0.05, 0) is 44.6 Å². The predicted molar refractivity (Wildman–Crippen MR) is 76.0 cm³/mol. The second-order valence-corrected chi connectivity index (χ2v) is 5.65. The lowest BCUT2D eigenvalue weighted by molar-refractivity contribution is 0.305. The average Bonchev–Trinajstić information content (AvgIpc) is 2.38. The molecule has 1 saturated carbocycles. The molecule has 0 unspecified atom stereocenters. The van der Waals surface area contributed by atoms with Gasteiger partial charge in [-0.3, -0.25) is 0 Å². The van der Waals surface area contributed by atoms with Gasteiger partial charge in [0.05, 0.1) is 7.11 Å². The van der Waals surface area contributed by atoms with Crippen LogP contribution in [-0.2, 0) is 6.54 Å². The van der Waals surface area contributed by atoms with E-state index in [0.717, 1.165) is 18.2 Å². The molecular weight excluding hydrogens is 222 g/mol. The van der Waals surface area contributed by atoms with Crippen LogP contribution in [0, 0.1) is 12.8 Å². The van der Waals surface area contributed by atoms with E-state index in [2.05, 4.69) is 37.4 Å². The lowest BCUT2D eigenvalue weighted by Gasteiger charge is -2.27. The molecule has 0 aliphatic heterocycles. The third-order valence-corrected chi connectivity index (χ3v) is 4.03. The molecule has 0 bridgehead atoms. The van der Waals surface area contributed by atoms with Crippen LogP contribution in [-0.4, -0.2) is 13.2 Å². The molecule has 2 nitrogen and oxygen atoms in total. The van der Waals surface area contributed by atoms with Crippen LogP contribution in [0.2, 0.25) is 0 Å². The zero-order chi connectivity index (χ0) is 13.0. The van der Waals surface area contributed by atoms with Gasteiger partial charge in [-0.25, -0.2) is 0 Å². The summed E-state index contributed by atoms with van der Waals surface area (Å²) in [5.74, 6) is 1.91. The fourth-order valence-corrected chi connectivity index (χ4v) is 2.76. The molecule has 0 atom stereocenters. The smallest absolute Gasteiger partial charge is 0.123 e. The topological polar surface area (TPSA) is 21.3 Å². The normalized spacial score (nSPS) is 23.9. The summed E-state index contributed by atoms with van der Waals surface area (Å²) in [5, 5.41) is 3.68. The highest BCUT2D eigenvalue weighted by Gasteiger charge is 2.17. The summed E-state index contributed by atoms with van der Waals surface area (Å²) in [6.45, 7) is 5.41. The van der Waals surface area contributed by atoms with Crippen molar-refractivity contribution >= 4 is 0 Å². The van der Waals surface area contributed by atoms with E-state index in [1.807, 2.05) is 0 Å². The first kappa shape index (κ1) is 13.4. The fraction of sp³-hybridized carbons (Fsp3) is 0.625. The molecule has 100 valence electrons. The van der Waals surface area contributed by atoms with E-state index in [0.29, 0.717) is 6.04 Å². The molecule has 0 radical (unpaired) electrons. The van der Waals surface area contributed by atoms with Crippen LogP contribution in [0.15, 0.2) is 18.2 Å². The summed E-state index contributed by atoms with van der Waals surface area (Å²) in [6.07, 6.45) is 5.36. The first-order valence-electron chi connectivity index (χ1n) is 7.06. The van der Waals surface area contributed by atoms with Crippen LogP contribution in [0.1, 0.15) is 43.7 Å². The van der Waals surface area contributed by atoms with Gasteiger partial charge in [0.15, 0.2) is 0 Å². The highest BCUT2D eigenvalue weighted by molar-refractivity contribution is 5.36. The Morgan fingerprint density at radius 1 is 1.22 bits per heavy atom. The second kappa shape index (κ2) is 6.24. The zero-order valence-corrected chi connectivity index (χ0v) is 11.8. The van der Waals surface area contributed by atoms with E-state index in [4.69, 9.17) is 4.74 Å². The Labute approximate surface area is 111 Å². The maximum absolute atomic E-state index is 5.42. The summed E-state index contributed by atoms with van der Waals surface area (Å²) in [6, 6.07) is 7.07. The third-order valence-electron chi connectivity index (χ3n) is 4.03. The van der Waals surface area contributed by atoms with Crippen molar-refractivity contribution in [1.82, 2.24) is 5.32 Å². The minimum absolute atomic E-state index is 0.686. The number of hydrogen-bond donors (Lipinski definition) is 1. The lowest BCUT2D eigenvalue weighted by atomic mass is 9.87. The molecule has 0 saturated heterocycles. The van der Waals surface area contributed by atoms with Gasteiger partial charge in [0, 0.05) is 18.2 Å². The van der Waals surface area contributed by atoms with Crippen LogP contribution >= 0.6 is 0 Å². The molecule has 1 fully saturated rings. The van der Waals surface area contributed by atoms with Crippen molar-refractivity contribution in [2.45, 2.75) is 52.1 Å². The fourth-order valence-electron chi connectivity index (χ4n) is 2.76. The largest absolute Gasteiger partial charge is 0.496 e. The number of nitrogens with one attached hydrogen (secondary N) is 1. The van der Waals surface area contributed by atoms with Crippen LogP contribution in [0.4, 0.5) is 0 Å². The SMILES string of the molecule is COc1ccc(C)cc1CNC1CCC(C)CC1. The molecule has 2 rings (SSSR count). The second-order valence-electron chi connectivity index (χ2n) is 5.65. The number of rotatable bonds is 4. The van der Waals surface area contributed by atoms with E-state index in [1.165, 1.54) is 36.8 Å². The van der Waals surface area contributed by atoms with Gasteiger partial charge in [0.1, 0.15) is 5.75 Å². The van der Waals surface area contributed by atoms with Crippen molar-refractivity contribution in [3.8, 4) is 5.75 Å². The Bertz CT molecular complexity index is 381. The lowest BCUT2D eigenvalue weighted by Crippen LogP contribution is -2.32. The average molecular weight is 247 g/mol. The molecular formula is C16H25NO. The predicted octanol–water partition coefficient (Wildman–Crippen LogP) is 3.67. The van der Waals surface area contributed by atoms with Crippen LogP contribution < -0.4 is 10.1 Å². The minimum atomic E-state index is 0.686. The summed E-state index contributed by atoms with van der Waals surface area (Å²) in [5.41, 5.74) is 2.57. The van der Waals surface area contributed by atoms with Crippen molar-refractivity contribution in [3.05, 3.63) is 29.3 Å². The quantitative estimate of drug-likeness (QED) is 0.876. The Hall–Kier alpha value is -1.02. The van der Waals surface area contributed by atoms with Gasteiger partial charge in [-0.1, -0.05) is 24.6 Å². The summed E-state index contributed by atoms with van der Waals surface area (Å²) in [7, 11) is 1.75. The Morgan fingerprint density at radius 2 is 1.94 bits per heavy atom. The number of ether oxygens (including phenoxy) is 1. The minimum Gasteiger partial charge on any atom is -0.496 e. The standard InChI is InChI=1S/C16H25NO/c1-12-4-7-15(8-5-12)17-11-14-10-13(2)6-9-16(14)18-3/h6,9-10,12,15,17H,4-5,7-8,11H2,1-3H3. The molecule has 1 N–H and O–H groups in total. The van der Waals surface area contributed by atoms with E-state index in [-0.39, 0.29) is 0 Å². The molecule has 1 aliphatic carbocycles. The molecule has 0 spiro atoms. The van der Waals surface area contributed by atoms with Gasteiger partial charge in [-0.2, -0.15) is 0 Å². The molecule has 0 aromatic heterocycles. The van der Waals surface area contributed by atoms with Crippen molar-refractivity contribution in [2.75, 3.05) is 7.11 Å². The molecule has 0 amide bonds. The number of methoxy groups -OCH3 is 1. The highest BCUT2D eigenvalue weighted by atomic mass is 16.5. The van der Waals surface area contributed by atoms with E-state index >= 15 is 0 Å². The Morgan fingerprint density at radius 3 is 2.61 bits per heavy atom. The van der Waals surface area contributed by atoms with Crippen molar-refractivity contribution < 1.29 is 4.74 Å². The van der Waals surface area contributed by atoms with E-state index in [9.17, 15) is 0 Å². The summed E-state index contributed by atoms with van der Waals surface area (Å²) in [4.78, 5) is 0. The van der Waals surface area contributed by atoms with Gasteiger partial charge in [0.2, 0.25) is 0 Å². The van der Waals surface area contributed by atoms with Gasteiger partial charge >= 0.3 is 0 Å². The Balaban J connectivity index is 1.91. The zero-order valence-electron chi connectivity index (χ0n) is 11.8. The third kappa shape index (κ3) is 3.49. The molecule has 2 heteroatoms.